The molecule has 0 aliphatic heterocycles. The fraction of sp³-hybridized carbons (Fsp3) is 0.471. The number of benzene rings is 1. The lowest BCUT2D eigenvalue weighted by molar-refractivity contribution is -0.116. The monoisotopic (exact) mass is 351 g/mol. The average Bonchev–Trinajstić information content (AvgIpc) is 2.91. The van der Waals surface area contributed by atoms with Crippen LogP contribution >= 0.6 is 15.9 Å². The summed E-state index contributed by atoms with van der Waals surface area (Å²) < 4.78 is 0.989. The van der Waals surface area contributed by atoms with Crippen molar-refractivity contribution >= 4 is 27.9 Å². The van der Waals surface area contributed by atoms with E-state index >= 15 is 0 Å². The molecule has 1 aromatic rings. The number of nitrogens with one attached hydrogen (secondary N) is 1. The number of aliphatic hydroxyl groups is 1. The van der Waals surface area contributed by atoms with Crippen LogP contribution in [0.5, 0.6) is 0 Å². The van der Waals surface area contributed by atoms with Crippen molar-refractivity contribution in [2.45, 2.75) is 26.2 Å². The zero-order chi connectivity index (χ0) is 15.2. The number of aliphatic hydroxyl groups excluding tert-OH is 1. The molecule has 114 valence electrons. The Bertz CT molecular complexity index is 528. The molecule has 0 bridgehead atoms. The first kappa shape index (κ1) is 16.2. The quantitative estimate of drug-likeness (QED) is 0.799. The summed E-state index contributed by atoms with van der Waals surface area (Å²) in [6.45, 7) is 2.92. The minimum Gasteiger partial charge on any atom is -0.396 e. The Kier molecular flexibility index (Phi) is 6.00. The number of amides is 1. The Morgan fingerprint density at radius 3 is 2.90 bits per heavy atom. The number of carbonyl (C=O) groups excluding carboxylic acids is 1. The van der Waals surface area contributed by atoms with E-state index in [9.17, 15) is 9.90 Å². The average molecular weight is 352 g/mol. The Morgan fingerprint density at radius 1 is 1.43 bits per heavy atom. The number of aryl methyl sites for hydroxylation is 1. The molecular weight excluding hydrogens is 330 g/mol. The van der Waals surface area contributed by atoms with Gasteiger partial charge in [-0.3, -0.25) is 4.79 Å². The maximum absolute atomic E-state index is 11.9. The van der Waals surface area contributed by atoms with Gasteiger partial charge in [0.15, 0.2) is 0 Å². The molecule has 2 N–H and O–H groups in total. The van der Waals surface area contributed by atoms with Crippen LogP contribution in [0.2, 0.25) is 0 Å². The first-order valence-electron chi connectivity index (χ1n) is 7.43. The Balaban J connectivity index is 1.85. The molecule has 0 spiro atoms. The molecule has 1 aliphatic carbocycles. The first-order chi connectivity index (χ1) is 10.1. The summed E-state index contributed by atoms with van der Waals surface area (Å²) in [5, 5.41) is 12.2. The van der Waals surface area contributed by atoms with Gasteiger partial charge in [-0.1, -0.05) is 34.5 Å². The van der Waals surface area contributed by atoms with Crippen molar-refractivity contribution in [2.75, 3.05) is 13.2 Å². The van der Waals surface area contributed by atoms with Gasteiger partial charge in [-0.15, -0.1) is 0 Å². The van der Waals surface area contributed by atoms with Crippen LogP contribution in [0.25, 0.3) is 6.08 Å². The van der Waals surface area contributed by atoms with Gasteiger partial charge in [0.1, 0.15) is 0 Å². The second kappa shape index (κ2) is 7.76. The molecule has 0 radical (unpaired) electrons. The van der Waals surface area contributed by atoms with Crippen molar-refractivity contribution < 1.29 is 9.90 Å². The van der Waals surface area contributed by atoms with E-state index in [1.54, 1.807) is 6.08 Å². The zero-order valence-corrected chi connectivity index (χ0v) is 13.9. The highest BCUT2D eigenvalue weighted by molar-refractivity contribution is 9.10. The van der Waals surface area contributed by atoms with Crippen LogP contribution in [0.1, 0.15) is 30.4 Å². The van der Waals surface area contributed by atoms with Gasteiger partial charge in [0.2, 0.25) is 5.91 Å². The second-order valence-electron chi connectivity index (χ2n) is 5.74. The predicted octanol–water partition coefficient (Wildman–Crippen LogP) is 3.30. The minimum absolute atomic E-state index is 0.0777. The molecule has 2 unspecified atom stereocenters. The molecule has 3 nitrogen and oxygen atoms in total. The standard InChI is InChI=1S/C17H22BrNO2/c1-12-5-6-13(16(18)9-12)7-8-17(21)19-10-14-3-2-4-15(14)11-20/h5-9,14-15,20H,2-4,10-11H2,1H3,(H,19,21). The molecule has 2 rings (SSSR count). The summed E-state index contributed by atoms with van der Waals surface area (Å²) in [7, 11) is 0. The van der Waals surface area contributed by atoms with Gasteiger partial charge in [0.05, 0.1) is 0 Å². The summed E-state index contributed by atoms with van der Waals surface area (Å²) >= 11 is 3.50. The van der Waals surface area contributed by atoms with Gasteiger partial charge >= 0.3 is 0 Å². The van der Waals surface area contributed by atoms with E-state index in [2.05, 4.69) is 21.2 Å². The lowest BCUT2D eigenvalue weighted by Gasteiger charge is -2.17. The van der Waals surface area contributed by atoms with Crippen LogP contribution in [0.15, 0.2) is 28.7 Å². The van der Waals surface area contributed by atoms with Gasteiger partial charge < -0.3 is 10.4 Å². The molecule has 0 saturated heterocycles. The fourth-order valence-corrected chi connectivity index (χ4v) is 3.47. The van der Waals surface area contributed by atoms with E-state index in [1.165, 1.54) is 5.56 Å². The van der Waals surface area contributed by atoms with E-state index in [0.717, 1.165) is 29.3 Å². The number of rotatable bonds is 5. The van der Waals surface area contributed by atoms with Crippen LogP contribution in [0.3, 0.4) is 0 Å². The highest BCUT2D eigenvalue weighted by Gasteiger charge is 2.26. The molecular formula is C17H22BrNO2. The lowest BCUT2D eigenvalue weighted by Crippen LogP contribution is -2.30. The molecule has 0 heterocycles. The Hall–Kier alpha value is -1.13. The maximum Gasteiger partial charge on any atom is 0.244 e. The van der Waals surface area contributed by atoms with Gasteiger partial charge in [0, 0.05) is 23.7 Å². The highest BCUT2D eigenvalue weighted by Crippen LogP contribution is 2.30. The van der Waals surface area contributed by atoms with Crippen LogP contribution in [0.4, 0.5) is 0 Å². The van der Waals surface area contributed by atoms with E-state index in [0.29, 0.717) is 18.4 Å². The van der Waals surface area contributed by atoms with Crippen molar-refractivity contribution in [3.63, 3.8) is 0 Å². The first-order valence-corrected chi connectivity index (χ1v) is 8.22. The summed E-state index contributed by atoms with van der Waals surface area (Å²) in [4.78, 5) is 11.9. The molecule has 1 aromatic carbocycles. The molecule has 2 atom stereocenters. The molecule has 4 heteroatoms. The topological polar surface area (TPSA) is 49.3 Å². The Morgan fingerprint density at radius 2 is 2.19 bits per heavy atom. The summed E-state index contributed by atoms with van der Waals surface area (Å²) in [6.07, 6.45) is 6.70. The van der Waals surface area contributed by atoms with E-state index < -0.39 is 0 Å². The van der Waals surface area contributed by atoms with Gasteiger partial charge in [0.25, 0.3) is 0 Å². The summed E-state index contributed by atoms with van der Waals surface area (Å²) in [5.41, 5.74) is 2.17. The van der Waals surface area contributed by atoms with Crippen LogP contribution in [-0.4, -0.2) is 24.2 Å². The third kappa shape index (κ3) is 4.68. The molecule has 21 heavy (non-hydrogen) atoms. The number of halogens is 1. The molecule has 1 amide bonds. The van der Waals surface area contributed by atoms with Crippen molar-refractivity contribution in [3.05, 3.63) is 39.9 Å². The molecule has 1 fully saturated rings. The Labute approximate surface area is 134 Å². The van der Waals surface area contributed by atoms with Gasteiger partial charge in [-0.2, -0.15) is 0 Å². The number of hydrogen-bond donors (Lipinski definition) is 2. The molecule has 0 aromatic heterocycles. The van der Waals surface area contributed by atoms with Crippen molar-refractivity contribution in [3.8, 4) is 0 Å². The summed E-state index contributed by atoms with van der Waals surface area (Å²) in [6, 6.07) is 6.04. The molecule has 1 aliphatic rings. The normalized spacial score (nSPS) is 21.9. The highest BCUT2D eigenvalue weighted by atomic mass is 79.9. The smallest absolute Gasteiger partial charge is 0.244 e. The van der Waals surface area contributed by atoms with Crippen LogP contribution < -0.4 is 5.32 Å². The third-order valence-corrected chi connectivity index (χ3v) is 4.85. The van der Waals surface area contributed by atoms with Crippen LogP contribution in [0, 0.1) is 18.8 Å². The number of carbonyl (C=O) groups is 1. The van der Waals surface area contributed by atoms with Crippen molar-refractivity contribution in [1.29, 1.82) is 0 Å². The van der Waals surface area contributed by atoms with E-state index in [4.69, 9.17) is 0 Å². The van der Waals surface area contributed by atoms with Crippen LogP contribution in [-0.2, 0) is 4.79 Å². The van der Waals surface area contributed by atoms with Gasteiger partial charge in [-0.25, -0.2) is 0 Å². The minimum atomic E-state index is -0.0777. The van der Waals surface area contributed by atoms with E-state index in [1.807, 2.05) is 31.2 Å². The lowest BCUT2D eigenvalue weighted by atomic mass is 9.97. The summed E-state index contributed by atoms with van der Waals surface area (Å²) in [5.74, 6) is 0.685. The third-order valence-electron chi connectivity index (χ3n) is 4.16. The largest absolute Gasteiger partial charge is 0.396 e. The maximum atomic E-state index is 11.9. The molecule has 1 saturated carbocycles. The second-order valence-corrected chi connectivity index (χ2v) is 6.59. The number of hydrogen-bond acceptors (Lipinski definition) is 2. The van der Waals surface area contributed by atoms with Crippen molar-refractivity contribution in [1.82, 2.24) is 5.32 Å². The van der Waals surface area contributed by atoms with E-state index in [-0.39, 0.29) is 12.5 Å². The predicted molar refractivity (Wildman–Crippen MR) is 88.8 cm³/mol. The van der Waals surface area contributed by atoms with Crippen molar-refractivity contribution in [2.24, 2.45) is 11.8 Å². The zero-order valence-electron chi connectivity index (χ0n) is 12.3. The van der Waals surface area contributed by atoms with Gasteiger partial charge in [-0.05, 0) is 54.9 Å². The fourth-order valence-electron chi connectivity index (χ4n) is 2.85. The SMILES string of the molecule is Cc1ccc(C=CC(=O)NCC2CCCC2CO)c(Br)c1.